The van der Waals surface area contributed by atoms with Gasteiger partial charge < -0.3 is 9.47 Å². The molecule has 0 atom stereocenters. The van der Waals surface area contributed by atoms with E-state index in [9.17, 15) is 9.59 Å². The van der Waals surface area contributed by atoms with Crippen LogP contribution in [0.4, 0.5) is 0 Å². The molecule has 6 heteroatoms. The van der Waals surface area contributed by atoms with Crippen molar-refractivity contribution in [2.45, 2.75) is 6.61 Å². The van der Waals surface area contributed by atoms with Gasteiger partial charge in [0, 0.05) is 0 Å². The number of benzene rings is 2. The molecular weight excluding hydrogens is 327 g/mol. The van der Waals surface area contributed by atoms with Crippen LogP contribution in [-0.4, -0.2) is 19.0 Å². The maximum Gasteiger partial charge on any atom is 0.338 e. The van der Waals surface area contributed by atoms with E-state index in [0.29, 0.717) is 21.7 Å². The maximum atomic E-state index is 11.9. The van der Waals surface area contributed by atoms with Crippen LogP contribution in [0, 0.1) is 0 Å². The zero-order valence-electron chi connectivity index (χ0n) is 11.6. The average Bonchev–Trinajstić information content (AvgIpc) is 2.54. The quantitative estimate of drug-likeness (QED) is 0.786. The zero-order valence-corrected chi connectivity index (χ0v) is 13.1. The van der Waals surface area contributed by atoms with Crippen molar-refractivity contribution in [3.05, 3.63) is 69.2 Å². The van der Waals surface area contributed by atoms with E-state index in [4.69, 9.17) is 27.9 Å². The van der Waals surface area contributed by atoms with Crippen molar-refractivity contribution < 1.29 is 19.1 Å². The summed E-state index contributed by atoms with van der Waals surface area (Å²) in [5.41, 5.74) is 1.38. The Morgan fingerprint density at radius 1 is 0.955 bits per heavy atom. The van der Waals surface area contributed by atoms with Crippen LogP contribution in [0.3, 0.4) is 0 Å². The topological polar surface area (TPSA) is 52.6 Å². The first-order valence-corrected chi connectivity index (χ1v) is 7.06. The fourth-order valence-corrected chi connectivity index (χ4v) is 2.06. The van der Waals surface area contributed by atoms with E-state index in [2.05, 4.69) is 4.74 Å². The summed E-state index contributed by atoms with van der Waals surface area (Å²) in [6.07, 6.45) is 0. The lowest BCUT2D eigenvalue weighted by Gasteiger charge is -2.07. The SMILES string of the molecule is COC(=O)c1cccc(COC(=O)c2ccc(Cl)c(Cl)c2)c1. The number of esters is 2. The van der Waals surface area contributed by atoms with Crippen molar-refractivity contribution in [1.82, 2.24) is 0 Å². The van der Waals surface area contributed by atoms with E-state index in [-0.39, 0.29) is 11.6 Å². The average molecular weight is 339 g/mol. The molecule has 114 valence electrons. The van der Waals surface area contributed by atoms with Gasteiger partial charge in [0.2, 0.25) is 0 Å². The van der Waals surface area contributed by atoms with Crippen molar-refractivity contribution in [2.24, 2.45) is 0 Å². The Labute approximate surface area is 137 Å². The molecule has 0 N–H and O–H groups in total. The van der Waals surface area contributed by atoms with Gasteiger partial charge in [-0.25, -0.2) is 9.59 Å². The van der Waals surface area contributed by atoms with Gasteiger partial charge in [0.1, 0.15) is 6.61 Å². The molecule has 0 fully saturated rings. The molecule has 0 aromatic heterocycles. The summed E-state index contributed by atoms with van der Waals surface area (Å²) < 4.78 is 9.82. The third-order valence-electron chi connectivity index (χ3n) is 2.87. The molecule has 2 aromatic rings. The largest absolute Gasteiger partial charge is 0.465 e. The van der Waals surface area contributed by atoms with Gasteiger partial charge in [-0.05, 0) is 35.9 Å². The number of carbonyl (C=O) groups excluding carboxylic acids is 2. The first kappa shape index (κ1) is 16.3. The number of hydrogen-bond acceptors (Lipinski definition) is 4. The Morgan fingerprint density at radius 3 is 2.36 bits per heavy atom. The van der Waals surface area contributed by atoms with Gasteiger partial charge in [-0.3, -0.25) is 0 Å². The molecule has 0 spiro atoms. The minimum absolute atomic E-state index is 0.0317. The fourth-order valence-electron chi connectivity index (χ4n) is 1.76. The van der Waals surface area contributed by atoms with E-state index in [1.54, 1.807) is 24.3 Å². The van der Waals surface area contributed by atoms with Crippen LogP contribution in [0.25, 0.3) is 0 Å². The molecular formula is C16H12Cl2O4. The maximum absolute atomic E-state index is 11.9. The van der Waals surface area contributed by atoms with E-state index in [1.807, 2.05) is 0 Å². The predicted molar refractivity (Wildman–Crippen MR) is 83.4 cm³/mol. The van der Waals surface area contributed by atoms with E-state index in [0.717, 1.165) is 0 Å². The monoisotopic (exact) mass is 338 g/mol. The summed E-state index contributed by atoms with van der Waals surface area (Å²) in [4.78, 5) is 23.4. The van der Waals surface area contributed by atoms with Crippen molar-refractivity contribution >= 4 is 35.1 Å². The molecule has 0 aliphatic heterocycles. The highest BCUT2D eigenvalue weighted by atomic mass is 35.5. The molecule has 2 aromatic carbocycles. The summed E-state index contributed by atoms with van der Waals surface area (Å²) in [6, 6.07) is 11.2. The van der Waals surface area contributed by atoms with Gasteiger partial charge >= 0.3 is 11.9 Å². The first-order chi connectivity index (χ1) is 10.5. The predicted octanol–water partition coefficient (Wildman–Crippen LogP) is 4.14. The highest BCUT2D eigenvalue weighted by Crippen LogP contribution is 2.23. The van der Waals surface area contributed by atoms with Crippen LogP contribution in [0.5, 0.6) is 0 Å². The minimum atomic E-state index is -0.526. The van der Waals surface area contributed by atoms with E-state index < -0.39 is 11.9 Å². The van der Waals surface area contributed by atoms with Crippen LogP contribution in [0.15, 0.2) is 42.5 Å². The Bertz CT molecular complexity index is 713. The van der Waals surface area contributed by atoms with E-state index in [1.165, 1.54) is 25.3 Å². The number of rotatable bonds is 4. The molecule has 0 radical (unpaired) electrons. The van der Waals surface area contributed by atoms with Gasteiger partial charge in [-0.1, -0.05) is 35.3 Å². The summed E-state index contributed by atoms with van der Waals surface area (Å²) in [5.74, 6) is -0.973. The third kappa shape index (κ3) is 4.00. The first-order valence-electron chi connectivity index (χ1n) is 6.30. The molecule has 0 saturated heterocycles. The van der Waals surface area contributed by atoms with Crippen molar-refractivity contribution in [3.63, 3.8) is 0 Å². The summed E-state index contributed by atoms with van der Waals surface area (Å²) in [5, 5.41) is 0.646. The van der Waals surface area contributed by atoms with Crippen molar-refractivity contribution in [2.75, 3.05) is 7.11 Å². The number of ether oxygens (including phenoxy) is 2. The molecule has 0 unspecified atom stereocenters. The lowest BCUT2D eigenvalue weighted by atomic mass is 10.1. The fraction of sp³-hybridized carbons (Fsp3) is 0.125. The van der Waals surface area contributed by atoms with Gasteiger partial charge in [0.05, 0.1) is 28.3 Å². The number of hydrogen-bond donors (Lipinski definition) is 0. The van der Waals surface area contributed by atoms with E-state index >= 15 is 0 Å². The Morgan fingerprint density at radius 2 is 1.68 bits per heavy atom. The second-order valence-corrected chi connectivity index (χ2v) is 5.21. The Hall–Kier alpha value is -2.04. The highest BCUT2D eigenvalue weighted by Gasteiger charge is 2.11. The summed E-state index contributed by atoms with van der Waals surface area (Å²) in [7, 11) is 1.30. The second kappa shape index (κ2) is 7.29. The highest BCUT2D eigenvalue weighted by molar-refractivity contribution is 6.42. The molecule has 0 saturated carbocycles. The second-order valence-electron chi connectivity index (χ2n) is 4.40. The Kier molecular flexibility index (Phi) is 5.41. The molecule has 22 heavy (non-hydrogen) atoms. The van der Waals surface area contributed by atoms with Crippen LogP contribution in [-0.2, 0) is 16.1 Å². The molecule has 4 nitrogen and oxygen atoms in total. The van der Waals surface area contributed by atoms with Gasteiger partial charge in [-0.2, -0.15) is 0 Å². The smallest absolute Gasteiger partial charge is 0.338 e. The van der Waals surface area contributed by atoms with Gasteiger partial charge in [0.25, 0.3) is 0 Å². The van der Waals surface area contributed by atoms with Crippen LogP contribution in [0.1, 0.15) is 26.3 Å². The molecule has 0 aliphatic carbocycles. The summed E-state index contributed by atoms with van der Waals surface area (Å²) in [6.45, 7) is 0.0317. The molecule has 0 bridgehead atoms. The standard InChI is InChI=1S/C16H12Cl2O4/c1-21-15(19)11-4-2-3-10(7-11)9-22-16(20)12-5-6-13(17)14(18)8-12/h2-8H,9H2,1H3. The van der Waals surface area contributed by atoms with Crippen molar-refractivity contribution in [3.8, 4) is 0 Å². The van der Waals surface area contributed by atoms with Crippen LogP contribution >= 0.6 is 23.2 Å². The third-order valence-corrected chi connectivity index (χ3v) is 3.61. The normalized spacial score (nSPS) is 10.1. The van der Waals surface area contributed by atoms with Gasteiger partial charge in [-0.15, -0.1) is 0 Å². The number of methoxy groups -OCH3 is 1. The summed E-state index contributed by atoms with van der Waals surface area (Å²) >= 11 is 11.6. The van der Waals surface area contributed by atoms with Crippen LogP contribution in [0.2, 0.25) is 10.0 Å². The number of carbonyl (C=O) groups is 2. The van der Waals surface area contributed by atoms with Gasteiger partial charge in [0.15, 0.2) is 0 Å². The lowest BCUT2D eigenvalue weighted by molar-refractivity contribution is 0.0472. The zero-order chi connectivity index (χ0) is 16.1. The Balaban J connectivity index is 2.04. The minimum Gasteiger partial charge on any atom is -0.465 e. The molecule has 0 amide bonds. The molecule has 2 rings (SSSR count). The van der Waals surface area contributed by atoms with Crippen LogP contribution < -0.4 is 0 Å². The van der Waals surface area contributed by atoms with Crippen molar-refractivity contribution in [1.29, 1.82) is 0 Å². The molecule has 0 heterocycles. The number of halogens is 2. The molecule has 0 aliphatic rings. The lowest BCUT2D eigenvalue weighted by Crippen LogP contribution is -2.06.